The van der Waals surface area contributed by atoms with Crippen molar-refractivity contribution < 1.29 is 9.90 Å². The van der Waals surface area contributed by atoms with Crippen molar-refractivity contribution in [2.45, 2.75) is 39.5 Å². The molecule has 2 aliphatic heterocycles. The van der Waals surface area contributed by atoms with Crippen LogP contribution in [0.25, 0.3) is 0 Å². The van der Waals surface area contributed by atoms with Crippen molar-refractivity contribution in [3.63, 3.8) is 0 Å². The Balaban J connectivity index is 1.84. The summed E-state index contributed by atoms with van der Waals surface area (Å²) >= 11 is 0. The maximum absolute atomic E-state index is 12.3. The van der Waals surface area contributed by atoms with E-state index in [1.165, 1.54) is 6.42 Å². The molecule has 1 amide bonds. The highest BCUT2D eigenvalue weighted by Gasteiger charge is 2.32. The van der Waals surface area contributed by atoms with Crippen molar-refractivity contribution in [3.8, 4) is 0 Å². The summed E-state index contributed by atoms with van der Waals surface area (Å²) in [7, 11) is 0. The predicted octanol–water partition coefficient (Wildman–Crippen LogP) is 1.34. The quantitative estimate of drug-likeness (QED) is 0.840. The maximum Gasteiger partial charge on any atom is 0.236 e. The lowest BCUT2D eigenvalue weighted by molar-refractivity contribution is -0.135. The summed E-state index contributed by atoms with van der Waals surface area (Å²) < 4.78 is 0. The van der Waals surface area contributed by atoms with Crippen LogP contribution in [0, 0.1) is 11.3 Å². The van der Waals surface area contributed by atoms with Gasteiger partial charge in [0.1, 0.15) is 0 Å². The number of aliphatic hydroxyl groups excluding tert-OH is 1. The Morgan fingerprint density at radius 2 is 2.16 bits per heavy atom. The number of nitrogens with zero attached hydrogens (tertiary/aromatic N) is 2. The first-order valence-electron chi connectivity index (χ1n) is 7.63. The van der Waals surface area contributed by atoms with E-state index >= 15 is 0 Å². The number of carbonyl (C=O) groups excluding carboxylic acids is 1. The molecule has 2 unspecified atom stereocenters. The fourth-order valence-corrected chi connectivity index (χ4v) is 3.40. The SMILES string of the molecule is CC1CCCN(C(=O)CN2CCCC(C)(CO)C2)C1. The third-order valence-corrected chi connectivity index (χ3v) is 4.61. The summed E-state index contributed by atoms with van der Waals surface area (Å²) in [4.78, 5) is 16.6. The zero-order valence-electron chi connectivity index (χ0n) is 12.4. The molecule has 0 bridgehead atoms. The minimum atomic E-state index is -0.0201. The lowest BCUT2D eigenvalue weighted by Gasteiger charge is -2.40. The van der Waals surface area contributed by atoms with E-state index in [1.54, 1.807) is 0 Å². The van der Waals surface area contributed by atoms with Gasteiger partial charge in [-0.2, -0.15) is 0 Å². The maximum atomic E-state index is 12.3. The molecule has 19 heavy (non-hydrogen) atoms. The molecule has 0 aromatic carbocycles. The van der Waals surface area contributed by atoms with Crippen LogP contribution < -0.4 is 0 Å². The van der Waals surface area contributed by atoms with E-state index in [2.05, 4.69) is 18.7 Å². The minimum Gasteiger partial charge on any atom is -0.396 e. The molecule has 0 radical (unpaired) electrons. The van der Waals surface area contributed by atoms with Crippen molar-refractivity contribution in [1.82, 2.24) is 9.80 Å². The van der Waals surface area contributed by atoms with Crippen molar-refractivity contribution in [2.75, 3.05) is 39.3 Å². The molecule has 0 aliphatic carbocycles. The Kier molecular flexibility index (Phi) is 4.85. The van der Waals surface area contributed by atoms with Gasteiger partial charge in [-0.25, -0.2) is 0 Å². The van der Waals surface area contributed by atoms with Crippen LogP contribution in [-0.4, -0.2) is 60.1 Å². The average molecular weight is 268 g/mol. The fraction of sp³-hybridized carbons (Fsp3) is 0.933. The van der Waals surface area contributed by atoms with Crippen molar-refractivity contribution in [2.24, 2.45) is 11.3 Å². The zero-order chi connectivity index (χ0) is 13.9. The first kappa shape index (κ1) is 14.8. The first-order valence-corrected chi connectivity index (χ1v) is 7.63. The molecule has 1 N–H and O–H groups in total. The molecule has 0 aromatic heterocycles. The fourth-order valence-electron chi connectivity index (χ4n) is 3.40. The average Bonchev–Trinajstić information content (AvgIpc) is 2.39. The summed E-state index contributed by atoms with van der Waals surface area (Å²) in [5.74, 6) is 0.913. The van der Waals surface area contributed by atoms with Crippen molar-refractivity contribution in [1.29, 1.82) is 0 Å². The number of hydrogen-bond donors (Lipinski definition) is 1. The van der Waals surface area contributed by atoms with Crippen molar-refractivity contribution in [3.05, 3.63) is 0 Å². The summed E-state index contributed by atoms with van der Waals surface area (Å²) in [5.41, 5.74) is -0.0201. The highest BCUT2D eigenvalue weighted by molar-refractivity contribution is 5.78. The van der Waals surface area contributed by atoms with Gasteiger partial charge in [0.05, 0.1) is 6.54 Å². The lowest BCUT2D eigenvalue weighted by atomic mass is 9.83. The Hall–Kier alpha value is -0.610. The highest BCUT2D eigenvalue weighted by atomic mass is 16.3. The Labute approximate surface area is 116 Å². The van der Waals surface area contributed by atoms with E-state index in [-0.39, 0.29) is 17.9 Å². The largest absolute Gasteiger partial charge is 0.396 e. The predicted molar refractivity (Wildman–Crippen MR) is 75.8 cm³/mol. The molecular formula is C15H28N2O2. The van der Waals surface area contributed by atoms with Gasteiger partial charge in [0.15, 0.2) is 0 Å². The Bertz CT molecular complexity index is 321. The third kappa shape index (κ3) is 3.93. The highest BCUT2D eigenvalue weighted by Crippen LogP contribution is 2.28. The summed E-state index contributed by atoms with van der Waals surface area (Å²) in [6.07, 6.45) is 4.53. The number of hydrogen-bond acceptors (Lipinski definition) is 3. The smallest absolute Gasteiger partial charge is 0.236 e. The minimum absolute atomic E-state index is 0.0201. The number of carbonyl (C=O) groups is 1. The van der Waals surface area contributed by atoms with Gasteiger partial charge < -0.3 is 10.0 Å². The van der Waals surface area contributed by atoms with Gasteiger partial charge in [-0.15, -0.1) is 0 Å². The monoisotopic (exact) mass is 268 g/mol. The molecule has 0 spiro atoms. The lowest BCUT2D eigenvalue weighted by Crippen LogP contribution is -2.49. The molecule has 4 nitrogen and oxygen atoms in total. The number of rotatable bonds is 3. The van der Waals surface area contributed by atoms with Gasteiger partial charge in [0.2, 0.25) is 5.91 Å². The van der Waals surface area contributed by atoms with Crippen LogP contribution in [0.4, 0.5) is 0 Å². The van der Waals surface area contributed by atoms with E-state index in [0.29, 0.717) is 12.5 Å². The van der Waals surface area contributed by atoms with Gasteiger partial charge in [-0.05, 0) is 38.1 Å². The molecule has 2 aliphatic rings. The van der Waals surface area contributed by atoms with E-state index in [1.807, 2.05) is 4.90 Å². The van der Waals surface area contributed by atoms with Crippen LogP contribution in [0.15, 0.2) is 0 Å². The summed E-state index contributed by atoms with van der Waals surface area (Å²) in [6.45, 7) is 8.78. The van der Waals surface area contributed by atoms with E-state index in [0.717, 1.165) is 45.4 Å². The van der Waals surface area contributed by atoms with Gasteiger partial charge in [0, 0.05) is 31.7 Å². The standard InChI is InChI=1S/C15H28N2O2/c1-13-5-3-8-17(9-13)14(19)10-16-7-4-6-15(2,11-16)12-18/h13,18H,3-12H2,1-2H3. The molecule has 4 heteroatoms. The van der Waals surface area contributed by atoms with Crippen molar-refractivity contribution >= 4 is 5.91 Å². The molecule has 2 rings (SSSR count). The van der Waals surface area contributed by atoms with E-state index in [9.17, 15) is 9.90 Å². The van der Waals surface area contributed by atoms with E-state index < -0.39 is 0 Å². The van der Waals surface area contributed by atoms with Crippen LogP contribution in [0.1, 0.15) is 39.5 Å². The summed E-state index contributed by atoms with van der Waals surface area (Å²) in [5, 5.41) is 9.46. The van der Waals surface area contributed by atoms with Crippen LogP contribution in [0.3, 0.4) is 0 Å². The van der Waals surface area contributed by atoms with E-state index in [4.69, 9.17) is 0 Å². The molecule has 2 atom stereocenters. The topological polar surface area (TPSA) is 43.8 Å². The summed E-state index contributed by atoms with van der Waals surface area (Å²) in [6, 6.07) is 0. The second kappa shape index (κ2) is 6.23. The Morgan fingerprint density at radius 1 is 1.37 bits per heavy atom. The second-order valence-electron chi connectivity index (χ2n) is 6.87. The van der Waals surface area contributed by atoms with Crippen LogP contribution in [0.2, 0.25) is 0 Å². The second-order valence-corrected chi connectivity index (χ2v) is 6.87. The van der Waals surface area contributed by atoms with Gasteiger partial charge in [-0.1, -0.05) is 13.8 Å². The molecular weight excluding hydrogens is 240 g/mol. The number of piperidine rings is 2. The number of likely N-dealkylation sites (tertiary alicyclic amines) is 2. The van der Waals surface area contributed by atoms with Gasteiger partial charge >= 0.3 is 0 Å². The number of aliphatic hydroxyl groups is 1. The first-order chi connectivity index (χ1) is 9.02. The normalized spacial score (nSPS) is 33.4. The van der Waals surface area contributed by atoms with Crippen LogP contribution >= 0.6 is 0 Å². The molecule has 0 saturated carbocycles. The molecule has 0 aromatic rings. The molecule has 2 saturated heterocycles. The van der Waals surface area contributed by atoms with Crippen LogP contribution in [-0.2, 0) is 4.79 Å². The molecule has 2 heterocycles. The zero-order valence-corrected chi connectivity index (χ0v) is 12.4. The molecule has 2 fully saturated rings. The van der Waals surface area contributed by atoms with Gasteiger partial charge in [0.25, 0.3) is 0 Å². The van der Waals surface area contributed by atoms with Gasteiger partial charge in [-0.3, -0.25) is 9.69 Å². The Morgan fingerprint density at radius 3 is 2.84 bits per heavy atom. The van der Waals surface area contributed by atoms with Crippen LogP contribution in [0.5, 0.6) is 0 Å². The molecule has 110 valence electrons. The number of amides is 1. The third-order valence-electron chi connectivity index (χ3n) is 4.61.